The van der Waals surface area contributed by atoms with Gasteiger partial charge in [-0.2, -0.15) is 0 Å². The number of rotatable bonds is 7. The monoisotopic (exact) mass is 314 g/mol. The first-order valence-electron chi connectivity index (χ1n) is 6.22. The van der Waals surface area contributed by atoms with Gasteiger partial charge in [-0.15, -0.1) is 11.3 Å². The summed E-state index contributed by atoms with van der Waals surface area (Å²) in [6, 6.07) is 3.51. The van der Waals surface area contributed by atoms with Crippen molar-refractivity contribution in [2.24, 2.45) is 7.05 Å². The summed E-state index contributed by atoms with van der Waals surface area (Å²) < 4.78 is 29.0. The van der Waals surface area contributed by atoms with E-state index in [0.29, 0.717) is 10.0 Å². The van der Waals surface area contributed by atoms with E-state index in [1.54, 1.807) is 23.0 Å². The summed E-state index contributed by atoms with van der Waals surface area (Å²) in [4.78, 5) is 5.14. The topological polar surface area (TPSA) is 76.0 Å². The molecule has 0 aromatic carbocycles. The predicted molar refractivity (Wildman–Crippen MR) is 79.2 cm³/mol. The molecule has 0 spiro atoms. The second kappa shape index (κ2) is 6.49. The lowest BCUT2D eigenvalue weighted by Crippen LogP contribution is -2.23. The number of nitrogens with zero attached hydrogens (tertiary/aromatic N) is 2. The molecule has 0 amide bonds. The quantitative estimate of drug-likeness (QED) is 0.790. The van der Waals surface area contributed by atoms with Crippen molar-refractivity contribution < 1.29 is 8.42 Å². The highest BCUT2D eigenvalue weighted by Crippen LogP contribution is 2.21. The molecule has 110 valence electrons. The highest BCUT2D eigenvalue weighted by molar-refractivity contribution is 7.91. The fourth-order valence-corrected chi connectivity index (χ4v) is 4.06. The molecule has 0 aliphatic carbocycles. The van der Waals surface area contributed by atoms with E-state index in [4.69, 9.17) is 0 Å². The van der Waals surface area contributed by atoms with Crippen molar-refractivity contribution in [1.82, 2.24) is 19.6 Å². The number of aryl methyl sites for hydroxylation is 1. The second-order valence-corrected chi connectivity index (χ2v) is 7.52. The smallest absolute Gasteiger partial charge is 0.250 e. The number of thiophene rings is 1. The Kier molecular flexibility index (Phi) is 4.92. The molecule has 0 fully saturated rings. The van der Waals surface area contributed by atoms with Gasteiger partial charge >= 0.3 is 0 Å². The lowest BCUT2D eigenvalue weighted by Gasteiger charge is -2.04. The highest BCUT2D eigenvalue weighted by atomic mass is 32.2. The lowest BCUT2D eigenvalue weighted by atomic mass is 10.3. The van der Waals surface area contributed by atoms with E-state index in [2.05, 4.69) is 15.0 Å². The van der Waals surface area contributed by atoms with Crippen molar-refractivity contribution in [3.05, 3.63) is 35.2 Å². The Balaban J connectivity index is 2.03. The van der Waals surface area contributed by atoms with Crippen LogP contribution in [0, 0.1) is 0 Å². The third-order valence-electron chi connectivity index (χ3n) is 2.86. The van der Waals surface area contributed by atoms with Crippen LogP contribution >= 0.6 is 11.3 Å². The van der Waals surface area contributed by atoms with Crippen molar-refractivity contribution in [3.8, 4) is 0 Å². The first kappa shape index (κ1) is 15.2. The maximum absolute atomic E-state index is 12.2. The van der Waals surface area contributed by atoms with E-state index in [1.807, 2.05) is 20.2 Å². The van der Waals surface area contributed by atoms with E-state index < -0.39 is 10.0 Å². The molecule has 2 heterocycles. The van der Waals surface area contributed by atoms with Crippen LogP contribution in [-0.4, -0.2) is 31.6 Å². The number of hydrogen-bond acceptors (Lipinski definition) is 5. The van der Waals surface area contributed by atoms with Gasteiger partial charge in [0.25, 0.3) is 0 Å². The number of imidazole rings is 1. The summed E-state index contributed by atoms with van der Waals surface area (Å²) in [5.74, 6) is 0.681. The molecule has 0 radical (unpaired) electrons. The molecule has 0 bridgehead atoms. The molecular formula is C12H18N4O2S2. The SMILES string of the molecule is CNCCc1ccc(S(=O)(=O)NCc2nccn2C)s1. The molecule has 0 aliphatic rings. The third-order valence-corrected chi connectivity index (χ3v) is 5.90. The van der Waals surface area contributed by atoms with Gasteiger partial charge in [-0.05, 0) is 32.1 Å². The van der Waals surface area contributed by atoms with Crippen LogP contribution in [0.2, 0.25) is 0 Å². The van der Waals surface area contributed by atoms with Crippen LogP contribution in [0.5, 0.6) is 0 Å². The first-order chi connectivity index (χ1) is 9.53. The van der Waals surface area contributed by atoms with Crippen LogP contribution in [0.4, 0.5) is 0 Å². The lowest BCUT2D eigenvalue weighted by molar-refractivity contribution is 0.579. The Morgan fingerprint density at radius 2 is 2.20 bits per heavy atom. The summed E-state index contributed by atoms with van der Waals surface area (Å²) in [7, 11) is 0.243. The average Bonchev–Trinajstić information content (AvgIpc) is 3.03. The zero-order valence-corrected chi connectivity index (χ0v) is 13.1. The molecule has 0 saturated heterocycles. The Bertz CT molecular complexity index is 661. The van der Waals surface area contributed by atoms with Crippen molar-refractivity contribution in [2.45, 2.75) is 17.2 Å². The normalized spacial score (nSPS) is 11.9. The summed E-state index contributed by atoms with van der Waals surface area (Å²) >= 11 is 1.30. The summed E-state index contributed by atoms with van der Waals surface area (Å²) in [5, 5.41) is 3.04. The number of likely N-dealkylation sites (N-methyl/N-ethyl adjacent to an activating group) is 1. The molecule has 2 N–H and O–H groups in total. The van der Waals surface area contributed by atoms with E-state index in [0.717, 1.165) is 17.8 Å². The predicted octanol–water partition coefficient (Wildman–Crippen LogP) is 0.722. The molecule has 0 atom stereocenters. The molecule has 0 saturated carbocycles. The molecule has 6 nitrogen and oxygen atoms in total. The zero-order valence-electron chi connectivity index (χ0n) is 11.5. The summed E-state index contributed by atoms with van der Waals surface area (Å²) in [5.41, 5.74) is 0. The van der Waals surface area contributed by atoms with Crippen molar-refractivity contribution in [1.29, 1.82) is 0 Å². The Hall–Kier alpha value is -1.22. The molecule has 2 aromatic heterocycles. The van der Waals surface area contributed by atoms with Gasteiger partial charge in [-0.3, -0.25) is 0 Å². The fourth-order valence-electron chi connectivity index (χ4n) is 1.68. The van der Waals surface area contributed by atoms with Gasteiger partial charge < -0.3 is 9.88 Å². The number of hydrogen-bond donors (Lipinski definition) is 2. The van der Waals surface area contributed by atoms with Crippen LogP contribution in [-0.2, 0) is 30.0 Å². The van der Waals surface area contributed by atoms with E-state index >= 15 is 0 Å². The Morgan fingerprint density at radius 1 is 1.40 bits per heavy atom. The maximum Gasteiger partial charge on any atom is 0.250 e. The van der Waals surface area contributed by atoms with Gasteiger partial charge in [0.05, 0.1) is 6.54 Å². The van der Waals surface area contributed by atoms with Gasteiger partial charge in [-0.25, -0.2) is 18.1 Å². The van der Waals surface area contributed by atoms with Crippen molar-refractivity contribution in [3.63, 3.8) is 0 Å². The third kappa shape index (κ3) is 3.66. The number of nitrogens with one attached hydrogen (secondary N) is 2. The van der Waals surface area contributed by atoms with Crippen LogP contribution in [0.15, 0.2) is 28.7 Å². The molecular weight excluding hydrogens is 296 g/mol. The first-order valence-corrected chi connectivity index (χ1v) is 8.52. The van der Waals surface area contributed by atoms with E-state index in [-0.39, 0.29) is 6.54 Å². The molecule has 2 aromatic rings. The van der Waals surface area contributed by atoms with Crippen LogP contribution in [0.1, 0.15) is 10.7 Å². The van der Waals surface area contributed by atoms with Gasteiger partial charge in [0.1, 0.15) is 10.0 Å². The molecule has 2 rings (SSSR count). The van der Waals surface area contributed by atoms with Crippen molar-refractivity contribution in [2.75, 3.05) is 13.6 Å². The van der Waals surface area contributed by atoms with Gasteiger partial charge in [0.15, 0.2) is 0 Å². The largest absolute Gasteiger partial charge is 0.337 e. The van der Waals surface area contributed by atoms with Gasteiger partial charge in [0, 0.05) is 24.3 Å². The minimum atomic E-state index is -3.46. The van der Waals surface area contributed by atoms with Gasteiger partial charge in [0.2, 0.25) is 10.0 Å². The zero-order chi connectivity index (χ0) is 14.6. The maximum atomic E-state index is 12.2. The fraction of sp³-hybridized carbons (Fsp3) is 0.417. The van der Waals surface area contributed by atoms with Gasteiger partial charge in [-0.1, -0.05) is 0 Å². The minimum absolute atomic E-state index is 0.190. The number of aromatic nitrogens is 2. The number of sulfonamides is 1. The molecule has 20 heavy (non-hydrogen) atoms. The van der Waals surface area contributed by atoms with E-state index in [9.17, 15) is 8.42 Å². The summed E-state index contributed by atoms with van der Waals surface area (Å²) in [6.07, 6.45) is 4.26. The molecule has 0 unspecified atom stereocenters. The van der Waals surface area contributed by atoms with Crippen LogP contribution in [0.25, 0.3) is 0 Å². The van der Waals surface area contributed by atoms with Crippen molar-refractivity contribution >= 4 is 21.4 Å². The molecule has 8 heteroatoms. The average molecular weight is 314 g/mol. The Morgan fingerprint density at radius 3 is 2.85 bits per heavy atom. The second-order valence-electron chi connectivity index (χ2n) is 4.35. The molecule has 0 aliphatic heterocycles. The van der Waals surface area contributed by atoms with Crippen LogP contribution < -0.4 is 10.0 Å². The summed E-state index contributed by atoms with van der Waals surface area (Å²) in [6.45, 7) is 1.02. The minimum Gasteiger partial charge on any atom is -0.337 e. The van der Waals surface area contributed by atoms with E-state index in [1.165, 1.54) is 11.3 Å². The Labute approximate surface area is 122 Å². The van der Waals surface area contributed by atoms with Crippen LogP contribution in [0.3, 0.4) is 0 Å². The standard InChI is InChI=1S/C12H18N4O2S2/c1-13-6-5-10-3-4-12(19-10)20(17,18)15-9-11-14-7-8-16(11)2/h3-4,7-8,13,15H,5-6,9H2,1-2H3. The highest BCUT2D eigenvalue weighted by Gasteiger charge is 2.17.